The first-order valence-corrected chi connectivity index (χ1v) is 2.29. The predicted molar refractivity (Wildman–Crippen MR) is 23.8 cm³/mol. The van der Waals surface area contributed by atoms with Crippen LogP contribution in [0.4, 0.5) is 0 Å². The largest absolute Gasteiger partial charge is 0.360 e. The molecule has 0 aromatic carbocycles. The van der Waals surface area contributed by atoms with Gasteiger partial charge in [0, 0.05) is 0 Å². The molecule has 42 valence electrons. The molecule has 5 nitrogen and oxygen atoms in total. The van der Waals surface area contributed by atoms with Crippen molar-refractivity contribution >= 4 is 17.4 Å². The summed E-state index contributed by atoms with van der Waals surface area (Å²) >= 11 is -2.45. The van der Waals surface area contributed by atoms with Gasteiger partial charge in [0.1, 0.15) is 0 Å². The van der Waals surface area contributed by atoms with Crippen molar-refractivity contribution in [2.24, 2.45) is 5.73 Å². The average Bonchev–Trinajstić information content (AvgIpc) is 1.27. The molecule has 6 heteroatoms. The summed E-state index contributed by atoms with van der Waals surface area (Å²) in [6.07, 6.45) is 0. The Labute approximate surface area is 42.5 Å². The van der Waals surface area contributed by atoms with E-state index in [0.29, 0.717) is 0 Å². The Kier molecular flexibility index (Phi) is 2.31. The molecule has 4 N–H and O–H groups in total. The van der Waals surface area contributed by atoms with Gasteiger partial charge in [-0.1, -0.05) is 0 Å². The van der Waals surface area contributed by atoms with Gasteiger partial charge < -0.3 is 9.92 Å². The van der Waals surface area contributed by atoms with Crippen molar-refractivity contribution < 1.29 is 12.9 Å². The van der Waals surface area contributed by atoms with Gasteiger partial charge in [-0.25, -0.2) is 0 Å². The highest BCUT2D eigenvalue weighted by Gasteiger charge is 1.91. The zero-order valence-corrected chi connectivity index (χ0v) is 4.07. The Hall–Kier alpha value is -0.620. The third-order valence-corrected chi connectivity index (χ3v) is 0.483. The molecular weight excluding hydrogens is 120 g/mol. The monoisotopic (exact) mass is 124 g/mol. The third-order valence-electron chi connectivity index (χ3n) is 0.161. The van der Waals surface area contributed by atoms with Gasteiger partial charge >= 0.3 is 11.4 Å². The van der Waals surface area contributed by atoms with Crippen molar-refractivity contribution in [3.8, 4) is 0 Å². The second-order valence-corrected chi connectivity index (χ2v) is 1.27. The minimum absolute atomic E-state index is 0.763. The molecular formula is CH4N2O3S. The molecule has 0 spiro atoms. The van der Waals surface area contributed by atoms with Crippen LogP contribution in [0, 0.1) is 5.41 Å². The lowest BCUT2D eigenvalue weighted by molar-refractivity contribution is 0.449. The van der Waals surface area contributed by atoms with E-state index >= 15 is 0 Å². The predicted octanol–water partition coefficient (Wildman–Crippen LogP) is -0.967. The first kappa shape index (κ1) is 6.38. The van der Waals surface area contributed by atoms with Crippen LogP contribution in [0.2, 0.25) is 0 Å². The van der Waals surface area contributed by atoms with Crippen LogP contribution >= 0.6 is 0 Å². The summed E-state index contributed by atoms with van der Waals surface area (Å²) < 4.78 is 20.9. The van der Waals surface area contributed by atoms with E-state index in [2.05, 4.69) is 9.92 Å². The first-order valence-electron chi connectivity index (χ1n) is 1.26. The maximum atomic E-state index is 9.48. The fourth-order valence-corrected chi connectivity index (χ4v) is 0.230. The lowest BCUT2D eigenvalue weighted by atomic mass is 11.3. The lowest BCUT2D eigenvalue weighted by Crippen LogP contribution is -2.14. The molecule has 0 aliphatic rings. The van der Waals surface area contributed by atoms with Gasteiger partial charge in [0.05, 0.1) is 0 Å². The highest BCUT2D eigenvalue weighted by atomic mass is 32.2. The molecule has 1 unspecified atom stereocenters. The summed E-state index contributed by atoms with van der Waals surface area (Å²) in [4.78, 5) is 0. The van der Waals surface area contributed by atoms with Crippen LogP contribution in [0.25, 0.3) is 0 Å². The third kappa shape index (κ3) is 5.38. The molecule has 0 saturated carbocycles. The molecule has 0 aliphatic heterocycles. The van der Waals surface area contributed by atoms with Gasteiger partial charge in [-0.15, -0.1) is 0 Å². The van der Waals surface area contributed by atoms with E-state index in [9.17, 15) is 4.21 Å². The summed E-state index contributed by atoms with van der Waals surface area (Å²) in [6.45, 7) is 0. The highest BCUT2D eigenvalue weighted by Crippen LogP contribution is 1.72. The molecule has 0 aliphatic carbocycles. The van der Waals surface area contributed by atoms with E-state index in [1.165, 1.54) is 0 Å². The quantitative estimate of drug-likeness (QED) is 0.238. The highest BCUT2D eigenvalue weighted by molar-refractivity contribution is 7.74. The molecule has 7 heavy (non-hydrogen) atoms. The molecule has 0 rings (SSSR count). The van der Waals surface area contributed by atoms with Crippen LogP contribution in [0.1, 0.15) is 0 Å². The molecule has 0 aromatic heterocycles. The zero-order valence-electron chi connectivity index (χ0n) is 3.25. The van der Waals surface area contributed by atoms with Crippen LogP contribution in [-0.4, -0.2) is 14.8 Å². The summed E-state index contributed by atoms with van der Waals surface area (Å²) in [6, 6.07) is -0.763. The van der Waals surface area contributed by atoms with E-state index < -0.39 is 17.4 Å². The Morgan fingerprint density at radius 1 is 2.00 bits per heavy atom. The minimum atomic E-state index is -2.45. The summed E-state index contributed by atoms with van der Waals surface area (Å²) in [7, 11) is 0. The summed E-state index contributed by atoms with van der Waals surface area (Å²) in [5, 5.41) is 6.23. The Bertz CT molecular complexity index is 89.1. The second kappa shape index (κ2) is 2.54. The van der Waals surface area contributed by atoms with Crippen LogP contribution in [0.3, 0.4) is 0 Å². The van der Waals surface area contributed by atoms with E-state index in [1.54, 1.807) is 0 Å². The molecule has 0 amide bonds. The number of hydrogen-bond acceptors (Lipinski definition) is 3. The van der Waals surface area contributed by atoms with Gasteiger partial charge in [-0.2, -0.15) is 4.21 Å². The van der Waals surface area contributed by atoms with E-state index in [4.69, 9.17) is 9.96 Å². The van der Waals surface area contributed by atoms with Crippen molar-refractivity contribution in [2.75, 3.05) is 0 Å². The van der Waals surface area contributed by atoms with Crippen LogP contribution in [0.15, 0.2) is 0 Å². The molecule has 0 bridgehead atoms. The fourth-order valence-electron chi connectivity index (χ4n) is 0.0768. The van der Waals surface area contributed by atoms with Crippen molar-refractivity contribution in [3.05, 3.63) is 0 Å². The van der Waals surface area contributed by atoms with Gasteiger partial charge in [-0.3, -0.25) is 9.96 Å². The van der Waals surface area contributed by atoms with Crippen LogP contribution < -0.4 is 5.73 Å². The first-order chi connectivity index (χ1) is 3.13. The number of hydrogen-bond donors (Lipinski definition) is 3. The fraction of sp³-hybridized carbons (Fsp3) is 0. The summed E-state index contributed by atoms with van der Waals surface area (Å²) in [5.74, 6) is 0. The van der Waals surface area contributed by atoms with Crippen molar-refractivity contribution in [1.82, 2.24) is 0 Å². The lowest BCUT2D eigenvalue weighted by Gasteiger charge is -1.89. The maximum absolute atomic E-state index is 9.48. The van der Waals surface area contributed by atoms with E-state index in [-0.39, 0.29) is 0 Å². The van der Waals surface area contributed by atoms with Gasteiger partial charge in [0.2, 0.25) is 0 Å². The topological polar surface area (TPSA) is 96.4 Å². The standard InChI is InChI=1S/CH4N2O3S/c2-1(3)6-7(4)5/h(H3,2,3)(H,4,5). The number of nitrogens with two attached hydrogens (primary N) is 1. The normalized spacial score (nSPS) is 12.7. The number of nitrogens with one attached hydrogen (secondary N) is 1. The molecule has 0 saturated heterocycles. The van der Waals surface area contributed by atoms with Gasteiger partial charge in [-0.05, 0) is 0 Å². The SMILES string of the molecule is N=C(N)OS(=O)O. The van der Waals surface area contributed by atoms with E-state index in [1.807, 2.05) is 0 Å². The van der Waals surface area contributed by atoms with Gasteiger partial charge in [0.25, 0.3) is 6.02 Å². The van der Waals surface area contributed by atoms with Crippen LogP contribution in [-0.2, 0) is 15.5 Å². The molecule has 1 atom stereocenters. The van der Waals surface area contributed by atoms with Crippen molar-refractivity contribution in [2.45, 2.75) is 0 Å². The van der Waals surface area contributed by atoms with Crippen molar-refractivity contribution in [1.29, 1.82) is 5.41 Å². The second-order valence-electron chi connectivity index (χ2n) is 0.665. The van der Waals surface area contributed by atoms with Crippen molar-refractivity contribution in [3.63, 3.8) is 0 Å². The molecule has 0 fully saturated rings. The number of rotatable bonds is 1. The zero-order chi connectivity index (χ0) is 5.86. The number of amidine groups is 1. The van der Waals surface area contributed by atoms with E-state index in [0.717, 1.165) is 0 Å². The average molecular weight is 124 g/mol. The smallest absolute Gasteiger partial charge is 0.353 e. The Morgan fingerprint density at radius 3 is 2.43 bits per heavy atom. The molecule has 0 aromatic rings. The van der Waals surface area contributed by atoms with Crippen LogP contribution in [0.5, 0.6) is 0 Å². The maximum Gasteiger partial charge on any atom is 0.360 e. The Morgan fingerprint density at radius 2 is 2.43 bits per heavy atom. The minimum Gasteiger partial charge on any atom is -0.353 e. The Balaban J connectivity index is 3.32. The molecule has 0 heterocycles. The van der Waals surface area contributed by atoms with Gasteiger partial charge in [0.15, 0.2) is 0 Å². The molecule has 0 radical (unpaired) electrons. The summed E-state index contributed by atoms with van der Waals surface area (Å²) in [5.41, 5.74) is 4.50.